The van der Waals surface area contributed by atoms with Gasteiger partial charge in [0.15, 0.2) is 0 Å². The van der Waals surface area contributed by atoms with Crippen LogP contribution in [-0.4, -0.2) is 196 Å². The first-order valence-electron chi connectivity index (χ1n) is 36.2. The van der Waals surface area contributed by atoms with Crippen LogP contribution in [0.15, 0.2) is 83.9 Å². The lowest BCUT2D eigenvalue weighted by molar-refractivity contribution is -0.177. The van der Waals surface area contributed by atoms with Crippen molar-refractivity contribution in [2.45, 2.75) is 195 Å². The van der Waals surface area contributed by atoms with Crippen LogP contribution in [0.1, 0.15) is 192 Å². The molecule has 3 heterocycles. The Balaban J connectivity index is -0.000000796. The number of aryl methyl sites for hydroxylation is 1. The molecule has 10 N–H and O–H groups in total. The summed E-state index contributed by atoms with van der Waals surface area (Å²) in [4.78, 5) is 139. The van der Waals surface area contributed by atoms with Gasteiger partial charge in [0, 0.05) is 127 Å². The zero-order chi connectivity index (χ0) is 90.7. The molecule has 37 heteroatoms. The minimum Gasteiger partial charge on any atom is -0.481 e. The smallest absolute Gasteiger partial charge is 0.446 e. The number of anilines is 2. The number of halogens is 1. The molecule has 2 aromatic heterocycles. The van der Waals surface area contributed by atoms with Crippen LogP contribution in [0.25, 0.3) is 16.4 Å². The highest BCUT2D eigenvalue weighted by Crippen LogP contribution is 2.47. The topological polar surface area (TPSA) is 491 Å². The van der Waals surface area contributed by atoms with Crippen LogP contribution >= 0.6 is 7.60 Å². The molecule has 35 nitrogen and oxygen atoms in total. The number of hydroxylamine groups is 3. The number of carboxylic acids is 3. The third kappa shape index (κ3) is 46.0. The van der Waals surface area contributed by atoms with E-state index in [9.17, 15) is 62.4 Å². The number of urea groups is 1. The van der Waals surface area contributed by atoms with E-state index in [0.29, 0.717) is 62.4 Å². The molecule has 0 saturated carbocycles. The monoisotopic (exact) mass is 1670 g/mol. The summed E-state index contributed by atoms with van der Waals surface area (Å²) in [5.41, 5.74) is 20.5. The summed E-state index contributed by atoms with van der Waals surface area (Å²) in [6.45, 7) is 37.5. The molecule has 0 unspecified atom stereocenters. The maximum Gasteiger partial charge on any atom is 0.446 e. The second-order valence-electron chi connectivity index (χ2n) is 31.0. The van der Waals surface area contributed by atoms with Crippen molar-refractivity contribution in [2.75, 3.05) is 85.5 Å². The van der Waals surface area contributed by atoms with Crippen molar-refractivity contribution in [3.8, 4) is 12.3 Å². The Morgan fingerprint density at radius 1 is 0.786 bits per heavy atom. The lowest BCUT2D eigenvalue weighted by Crippen LogP contribution is -2.49. The van der Waals surface area contributed by atoms with Crippen molar-refractivity contribution < 1.29 is 105 Å². The third-order valence-corrected chi connectivity index (χ3v) is 16.7. The number of pyridine rings is 1. The van der Waals surface area contributed by atoms with Gasteiger partial charge in [0.05, 0.1) is 36.5 Å². The van der Waals surface area contributed by atoms with E-state index in [0.717, 1.165) is 44.8 Å². The fourth-order valence-electron chi connectivity index (χ4n) is 7.87. The number of ketones is 1. The number of esters is 1. The maximum atomic E-state index is 15.3. The fraction of sp³-hybridized carbons (Fsp3) is 0.550. The molecule has 5 amide bonds. The fourth-order valence-corrected chi connectivity index (χ4v) is 8.87. The number of nitrogens with zero attached hydrogens (tertiary/aromatic N) is 9. The number of aliphatic carboxylic acids is 2. The summed E-state index contributed by atoms with van der Waals surface area (Å²) in [5, 5.41) is 40.9. The Morgan fingerprint density at radius 3 is 1.61 bits per heavy atom. The molecule has 6 rings (SSSR count). The largest absolute Gasteiger partial charge is 0.481 e. The average molecular weight is 1670 g/mol. The predicted octanol–water partition coefficient (Wildman–Crippen LogP) is 11.6. The number of benzene rings is 3. The van der Waals surface area contributed by atoms with Gasteiger partial charge in [-0.05, 0) is 111 Å². The molecule has 0 aliphatic carbocycles. The molecule has 1 aliphatic rings. The first-order valence-corrected chi connectivity index (χ1v) is 37.8. The molecule has 1 saturated heterocycles. The van der Waals surface area contributed by atoms with Crippen molar-refractivity contribution in [3.05, 3.63) is 123 Å². The number of ether oxygens (including phenoxy) is 2. The van der Waals surface area contributed by atoms with Crippen molar-refractivity contribution in [2.24, 2.45) is 33.1 Å². The van der Waals surface area contributed by atoms with E-state index in [4.69, 9.17) is 47.9 Å². The van der Waals surface area contributed by atoms with E-state index in [-0.39, 0.29) is 77.6 Å². The quantitative estimate of drug-likeness (QED) is 0.00389. The Kier molecular flexibility index (Phi) is 51.6. The Bertz CT molecular complexity index is 4140. The van der Waals surface area contributed by atoms with Crippen LogP contribution in [0, 0.1) is 39.8 Å². The van der Waals surface area contributed by atoms with Crippen LogP contribution in [0.2, 0.25) is 0 Å². The van der Waals surface area contributed by atoms with Crippen LogP contribution in [0.4, 0.5) is 25.4 Å². The third-order valence-electron chi connectivity index (χ3n) is 14.9. The number of aldehydes is 1. The number of aromatic nitrogens is 4. The summed E-state index contributed by atoms with van der Waals surface area (Å²) in [6.07, 6.45) is 9.32. The Labute approximate surface area is 687 Å². The van der Waals surface area contributed by atoms with Gasteiger partial charge < -0.3 is 85.5 Å². The van der Waals surface area contributed by atoms with E-state index in [1.165, 1.54) is 48.7 Å². The van der Waals surface area contributed by atoms with Crippen LogP contribution in [0.3, 0.4) is 0 Å². The molecule has 0 bridgehead atoms. The van der Waals surface area contributed by atoms with Gasteiger partial charge in [0.1, 0.15) is 42.5 Å². The summed E-state index contributed by atoms with van der Waals surface area (Å²) in [6, 6.07) is 17.7. The van der Waals surface area contributed by atoms with Gasteiger partial charge in [-0.15, -0.1) is 17.4 Å². The van der Waals surface area contributed by atoms with Gasteiger partial charge in [-0.2, -0.15) is 4.79 Å². The number of aromatic carboxylic acids is 1. The SMILES string of the molecule is C.C#CC(C)(C)C.CC(=O)OCc1ccccc1.CC(C)(C)C(=O)O.CC(C)(C)C=O.CC(C)(N)C(=O)O.CCn1cc(C(=O)O)c(=O)c2cc(F)c(N3CCN(C(=O)OCc4ccc(NC(=O)[C@H](CCCNC(N)=O)n5cc(C(C)(C)C)nn5)cc4)CC3)cc21.CNOC.CON(C)C(=O)C(C)(C)C.COP(=O)(OC)C(=[N+]=[N-])C(C)=O. The molecule has 3 aromatic carbocycles. The number of primary amides is 1. The predicted molar refractivity (Wildman–Crippen MR) is 446 cm³/mol. The second kappa shape index (κ2) is 53.6. The van der Waals surface area contributed by atoms with Crippen LogP contribution in [0.5, 0.6) is 0 Å². The Hall–Kier alpha value is -10.6. The standard InChI is InChI=1S/C36H44FN9O7.C9H10O2.C7H15NO2.C6H10.C5H9N2O4P.C5H10O2.C5H10O.C4H9NO2.C2H7NO.CH4/c1-5-43-19-25(33(49)50)31(47)24-17-26(37)29(18-28(24)43)44-13-15-45(16-14-44)35(52)53-21-22-8-10-23(11-9-22)40-32(48)27(7-6-12-39-34(38)51)46-20-30(41-42-46)36(2,3)4;1-8(10)11-7-9-5-3-2-4-6-9;1-7(2,3)6(9)8(4)10-5;1-5-6(2,3)4;1-4(8)5(7-6)12(9,10-2)11-3;1-5(2,3)4(6)7;1-5(2,3)4-6;1-4(2,5)3(6)7;1-3-4-2;/h8-11,17-20,27H,5-7,12-16,21H2,1-4H3,(H,40,48)(H,49,50)(H3,38,39,51);2-6H,7H2,1H3;1-5H3;1H,2-4H3;1-3H3;1-3H3,(H,6,7);4H,1-3H3;5H2,1-2H3,(H,6,7);3H,1-2H3;1H4/t27-;;;;;;;;;/m0........./s1. The molecule has 1 fully saturated rings. The summed E-state index contributed by atoms with van der Waals surface area (Å²) >= 11 is 0. The van der Waals surface area contributed by atoms with Gasteiger partial charge in [0.2, 0.25) is 17.1 Å². The summed E-state index contributed by atoms with van der Waals surface area (Å²) in [7, 11) is 4.85. The number of hydrogen-bond donors (Lipinski definition) is 8. The molecule has 656 valence electrons. The highest BCUT2D eigenvalue weighted by molar-refractivity contribution is 7.74. The number of carbonyl (C=O) groups is 10. The summed E-state index contributed by atoms with van der Waals surface area (Å²) in [5.74, 6) is -2.40. The van der Waals surface area contributed by atoms with Gasteiger partial charge >= 0.3 is 49.1 Å². The number of Topliss-reactive ketones (excluding diaryl/α,β-unsaturated/α-hetero) is 1. The molecule has 0 radical (unpaired) electrons. The van der Waals surface area contributed by atoms with Crippen molar-refractivity contribution >= 4 is 95.2 Å². The minimum atomic E-state index is -3.70. The average Bonchev–Trinajstić information content (AvgIpc) is 1.53. The van der Waals surface area contributed by atoms with Crippen molar-refractivity contribution in [1.82, 2.24) is 40.3 Å². The number of fused-ring (bicyclic) bond motifs is 1. The minimum absolute atomic E-state index is 0. The molecule has 5 aromatic rings. The van der Waals surface area contributed by atoms with E-state index in [2.05, 4.69) is 51.0 Å². The highest BCUT2D eigenvalue weighted by atomic mass is 31.2. The van der Waals surface area contributed by atoms with Crippen molar-refractivity contribution in [1.29, 1.82) is 0 Å². The number of terminal acetylenes is 1. The molecule has 0 spiro atoms. The first kappa shape index (κ1) is 113. The van der Waals surface area contributed by atoms with Crippen LogP contribution in [-0.2, 0) is 91.5 Å². The number of nitrogens with two attached hydrogens (primary N) is 2. The lowest BCUT2D eigenvalue weighted by atomic mass is 9.93. The highest BCUT2D eigenvalue weighted by Gasteiger charge is 2.42. The molecule has 1 aliphatic heterocycles. The number of rotatable bonds is 21. The second-order valence-corrected chi connectivity index (χ2v) is 33.1. The van der Waals surface area contributed by atoms with E-state index in [1.807, 2.05) is 113 Å². The first-order chi connectivity index (χ1) is 53.3. The van der Waals surface area contributed by atoms with E-state index in [1.54, 1.807) is 94.9 Å². The zero-order valence-corrected chi connectivity index (χ0v) is 72.9. The number of carbonyl (C=O) groups excluding carboxylic acids is 7. The molecular weight excluding hydrogens is 1540 g/mol. The van der Waals surface area contributed by atoms with Crippen LogP contribution < -0.4 is 37.9 Å². The van der Waals surface area contributed by atoms with E-state index >= 15 is 4.39 Å². The number of amides is 5. The molecule has 117 heavy (non-hydrogen) atoms. The lowest BCUT2D eigenvalue weighted by Gasteiger charge is -2.35. The number of piperazine rings is 1. The normalized spacial score (nSPS) is 11.9. The van der Waals surface area contributed by atoms with Gasteiger partial charge in [-0.1, -0.05) is 117 Å². The van der Waals surface area contributed by atoms with Gasteiger partial charge in [-0.25, -0.2) is 38.6 Å². The zero-order valence-electron chi connectivity index (χ0n) is 72.0. The van der Waals surface area contributed by atoms with E-state index < -0.39 is 82.7 Å². The summed E-state index contributed by atoms with van der Waals surface area (Å²) < 4.78 is 48.9. The molecule has 1 atom stereocenters. The van der Waals surface area contributed by atoms with Crippen molar-refractivity contribution in [3.63, 3.8) is 0 Å². The number of carboxylic acid groups (broad SMARTS) is 3. The van der Waals surface area contributed by atoms with Gasteiger partial charge in [-0.3, -0.25) is 38.4 Å². The van der Waals surface area contributed by atoms with Gasteiger partial charge in [0.25, 0.3) is 5.91 Å². The molecular formula is C80H128FN14O21P. The number of hydrogen-bond acceptors (Lipinski definition) is 23. The number of nitrogens with one attached hydrogen (secondary N) is 3. The maximum absolute atomic E-state index is 15.3. The Morgan fingerprint density at radius 2 is 1.26 bits per heavy atom.